The fraction of sp³-hybridized carbons (Fsp3) is 0.222. The minimum atomic E-state index is -1.37. The summed E-state index contributed by atoms with van der Waals surface area (Å²) in [6.07, 6.45) is 5.68. The van der Waals surface area contributed by atoms with E-state index in [0.29, 0.717) is 0 Å². The first kappa shape index (κ1) is 13.4. The second-order valence-corrected chi connectivity index (χ2v) is 4.94. The van der Waals surface area contributed by atoms with Crippen molar-refractivity contribution in [3.05, 3.63) is 70.3 Å². The molecular formula is C18H18O. The number of hydrogen-bond donors (Lipinski definition) is 1. The first-order chi connectivity index (χ1) is 9.00. The molecule has 0 fully saturated rings. The maximum atomic E-state index is 11.1. The zero-order valence-electron chi connectivity index (χ0n) is 11.6. The maximum Gasteiger partial charge on any atom is 0.177 e. The van der Waals surface area contributed by atoms with Crippen LogP contribution < -0.4 is 0 Å². The molecule has 2 aromatic rings. The van der Waals surface area contributed by atoms with Gasteiger partial charge in [-0.1, -0.05) is 48.4 Å². The molecule has 1 N–H and O–H groups in total. The monoisotopic (exact) mass is 250 g/mol. The molecule has 0 saturated carbocycles. The molecule has 1 nitrogen and oxygen atoms in total. The van der Waals surface area contributed by atoms with Crippen LogP contribution in [0.1, 0.15) is 27.8 Å². The van der Waals surface area contributed by atoms with Crippen molar-refractivity contribution in [3.8, 4) is 12.3 Å². The molecule has 0 heterocycles. The van der Waals surface area contributed by atoms with E-state index in [1.807, 2.05) is 63.2 Å². The molecule has 1 unspecified atom stereocenters. The van der Waals surface area contributed by atoms with Gasteiger partial charge in [-0.15, -0.1) is 6.42 Å². The Labute approximate surface area is 114 Å². The van der Waals surface area contributed by atoms with Crippen LogP contribution in [0.2, 0.25) is 0 Å². The lowest BCUT2D eigenvalue weighted by atomic mass is 9.80. The van der Waals surface area contributed by atoms with Crippen molar-refractivity contribution >= 4 is 0 Å². The highest BCUT2D eigenvalue weighted by Gasteiger charge is 2.33. The number of rotatable bonds is 2. The molecule has 96 valence electrons. The molecule has 0 aromatic heterocycles. The van der Waals surface area contributed by atoms with E-state index in [2.05, 4.69) is 5.92 Å². The number of benzene rings is 2. The van der Waals surface area contributed by atoms with Crippen molar-refractivity contribution in [3.63, 3.8) is 0 Å². The first-order valence-electron chi connectivity index (χ1n) is 6.33. The van der Waals surface area contributed by atoms with Crippen molar-refractivity contribution in [2.75, 3.05) is 0 Å². The van der Waals surface area contributed by atoms with Gasteiger partial charge in [-0.3, -0.25) is 0 Å². The van der Waals surface area contributed by atoms with Crippen LogP contribution in [-0.2, 0) is 5.60 Å². The van der Waals surface area contributed by atoms with Gasteiger partial charge in [0.05, 0.1) is 0 Å². The van der Waals surface area contributed by atoms with E-state index in [1.54, 1.807) is 0 Å². The summed E-state index contributed by atoms with van der Waals surface area (Å²) in [6, 6.07) is 13.6. The van der Waals surface area contributed by atoms with Gasteiger partial charge in [-0.05, 0) is 37.5 Å². The Bertz CT molecular complexity index is 629. The average molecular weight is 250 g/mol. The van der Waals surface area contributed by atoms with Crippen LogP contribution in [0.5, 0.6) is 0 Å². The van der Waals surface area contributed by atoms with Crippen molar-refractivity contribution in [2.45, 2.75) is 26.4 Å². The van der Waals surface area contributed by atoms with Gasteiger partial charge < -0.3 is 5.11 Å². The minimum Gasteiger partial charge on any atom is -0.369 e. The zero-order valence-corrected chi connectivity index (χ0v) is 11.6. The van der Waals surface area contributed by atoms with Crippen LogP contribution in [0.3, 0.4) is 0 Å². The molecular weight excluding hydrogens is 232 g/mol. The maximum absolute atomic E-state index is 11.1. The second-order valence-electron chi connectivity index (χ2n) is 4.94. The SMILES string of the molecule is C#CC(O)(c1ccccc1C)c1c(C)cccc1C. The van der Waals surface area contributed by atoms with E-state index < -0.39 is 5.60 Å². The summed E-state index contributed by atoms with van der Waals surface area (Å²) in [6.45, 7) is 5.91. The van der Waals surface area contributed by atoms with Gasteiger partial charge in [-0.2, -0.15) is 0 Å². The van der Waals surface area contributed by atoms with Crippen molar-refractivity contribution in [1.29, 1.82) is 0 Å². The highest BCUT2D eigenvalue weighted by molar-refractivity contribution is 5.52. The minimum absolute atomic E-state index is 0.773. The fourth-order valence-electron chi connectivity index (χ4n) is 2.65. The van der Waals surface area contributed by atoms with Gasteiger partial charge in [0.15, 0.2) is 5.60 Å². The number of aryl methyl sites for hydroxylation is 3. The van der Waals surface area contributed by atoms with Gasteiger partial charge in [-0.25, -0.2) is 0 Å². The highest BCUT2D eigenvalue weighted by Crippen LogP contribution is 2.35. The van der Waals surface area contributed by atoms with Gasteiger partial charge in [0, 0.05) is 11.1 Å². The third kappa shape index (κ3) is 2.16. The molecule has 2 aromatic carbocycles. The highest BCUT2D eigenvalue weighted by atomic mass is 16.3. The molecule has 0 aliphatic carbocycles. The molecule has 2 rings (SSSR count). The summed E-state index contributed by atoms with van der Waals surface area (Å²) in [5.74, 6) is 2.59. The van der Waals surface area contributed by atoms with Gasteiger partial charge in [0.1, 0.15) is 0 Å². The Morgan fingerprint density at radius 1 is 0.895 bits per heavy atom. The lowest BCUT2D eigenvalue weighted by Gasteiger charge is -2.28. The Morgan fingerprint density at radius 2 is 1.42 bits per heavy atom. The van der Waals surface area contributed by atoms with E-state index >= 15 is 0 Å². The largest absolute Gasteiger partial charge is 0.369 e. The zero-order chi connectivity index (χ0) is 14.0. The summed E-state index contributed by atoms with van der Waals surface area (Å²) in [5.41, 5.74) is 3.21. The van der Waals surface area contributed by atoms with Crippen molar-refractivity contribution < 1.29 is 5.11 Å². The van der Waals surface area contributed by atoms with Gasteiger partial charge in [0.2, 0.25) is 0 Å². The molecule has 0 amide bonds. The molecule has 0 spiro atoms. The summed E-state index contributed by atoms with van der Waals surface area (Å²) < 4.78 is 0. The molecule has 0 aliphatic rings. The lowest BCUT2D eigenvalue weighted by molar-refractivity contribution is 0.143. The summed E-state index contributed by atoms with van der Waals surface area (Å²) in [4.78, 5) is 0. The third-order valence-electron chi connectivity index (χ3n) is 3.59. The number of aliphatic hydroxyl groups is 1. The summed E-state index contributed by atoms with van der Waals surface area (Å²) in [7, 11) is 0. The Balaban J connectivity index is 2.76. The summed E-state index contributed by atoms with van der Waals surface area (Å²) >= 11 is 0. The smallest absolute Gasteiger partial charge is 0.177 e. The molecule has 1 heteroatoms. The molecule has 0 aliphatic heterocycles. The molecule has 19 heavy (non-hydrogen) atoms. The van der Waals surface area contributed by atoms with Gasteiger partial charge >= 0.3 is 0 Å². The quantitative estimate of drug-likeness (QED) is 0.809. The topological polar surface area (TPSA) is 20.2 Å². The van der Waals surface area contributed by atoms with E-state index in [0.717, 1.165) is 27.8 Å². The van der Waals surface area contributed by atoms with Crippen molar-refractivity contribution in [1.82, 2.24) is 0 Å². The van der Waals surface area contributed by atoms with Gasteiger partial charge in [0.25, 0.3) is 0 Å². The Morgan fingerprint density at radius 3 is 1.95 bits per heavy atom. The van der Waals surface area contributed by atoms with Crippen LogP contribution in [0.25, 0.3) is 0 Å². The Kier molecular flexibility index (Phi) is 3.46. The van der Waals surface area contributed by atoms with Crippen LogP contribution in [0.4, 0.5) is 0 Å². The van der Waals surface area contributed by atoms with Crippen molar-refractivity contribution in [2.24, 2.45) is 0 Å². The van der Waals surface area contributed by atoms with E-state index in [1.165, 1.54) is 0 Å². The fourth-order valence-corrected chi connectivity index (χ4v) is 2.65. The second kappa shape index (κ2) is 4.91. The van der Waals surface area contributed by atoms with Crippen LogP contribution in [0.15, 0.2) is 42.5 Å². The number of terminal acetylenes is 1. The molecule has 1 atom stereocenters. The first-order valence-corrected chi connectivity index (χ1v) is 6.33. The lowest BCUT2D eigenvalue weighted by Crippen LogP contribution is -2.28. The average Bonchev–Trinajstić information content (AvgIpc) is 2.38. The molecule has 0 radical (unpaired) electrons. The van der Waals surface area contributed by atoms with E-state index in [-0.39, 0.29) is 0 Å². The van der Waals surface area contributed by atoms with Crippen LogP contribution >= 0.6 is 0 Å². The Hall–Kier alpha value is -2.04. The van der Waals surface area contributed by atoms with E-state index in [9.17, 15) is 5.11 Å². The summed E-state index contributed by atoms with van der Waals surface area (Å²) in [5, 5.41) is 11.1. The number of hydrogen-bond acceptors (Lipinski definition) is 1. The molecule has 0 bridgehead atoms. The predicted octanol–water partition coefficient (Wildman–Crippen LogP) is 3.48. The standard InChI is InChI=1S/C18H18O/c1-5-18(19,16-12-7-6-9-13(16)2)17-14(3)10-8-11-15(17)4/h1,6-12,19H,2-4H3. The third-order valence-corrected chi connectivity index (χ3v) is 3.59. The predicted molar refractivity (Wildman–Crippen MR) is 78.9 cm³/mol. The molecule has 0 saturated heterocycles. The van der Waals surface area contributed by atoms with Crippen LogP contribution in [-0.4, -0.2) is 5.11 Å². The van der Waals surface area contributed by atoms with E-state index in [4.69, 9.17) is 6.42 Å². The normalized spacial score (nSPS) is 13.6. The van der Waals surface area contributed by atoms with Crippen LogP contribution in [0, 0.1) is 33.1 Å².